The van der Waals surface area contributed by atoms with Crippen molar-refractivity contribution in [2.75, 3.05) is 27.2 Å². The van der Waals surface area contributed by atoms with Gasteiger partial charge in [-0.2, -0.15) is 0 Å². The minimum absolute atomic E-state index is 0.0362. The van der Waals surface area contributed by atoms with Crippen molar-refractivity contribution in [1.29, 1.82) is 0 Å². The van der Waals surface area contributed by atoms with Crippen LogP contribution in [0.4, 0.5) is 9.18 Å². The van der Waals surface area contributed by atoms with Crippen molar-refractivity contribution in [2.45, 2.75) is 64.6 Å². The Morgan fingerprint density at radius 2 is 1.97 bits per heavy atom. The molecule has 4 N–H and O–H groups in total. The molecule has 1 aromatic heterocycles. The maximum absolute atomic E-state index is 13.5. The zero-order valence-corrected chi connectivity index (χ0v) is 19.1. The summed E-state index contributed by atoms with van der Waals surface area (Å²) in [6.45, 7) is 3.39. The third-order valence-electron chi connectivity index (χ3n) is 5.45. The van der Waals surface area contributed by atoms with Gasteiger partial charge in [0.15, 0.2) is 0 Å². The van der Waals surface area contributed by atoms with Gasteiger partial charge >= 0.3 is 6.09 Å². The Bertz CT molecular complexity index is 766. The molecule has 1 heterocycles. The molecule has 8 nitrogen and oxygen atoms in total. The van der Waals surface area contributed by atoms with Crippen molar-refractivity contribution in [1.82, 2.24) is 14.9 Å². The van der Waals surface area contributed by atoms with Crippen LogP contribution in [-0.4, -0.2) is 60.5 Å². The number of nitrogens with two attached hydrogens (primary N) is 2. The molecule has 1 amide bonds. The standard InChI is InChI=1S/C22H36FN5O3/c1-5-16(23)13-27(3)22(29)30-14-19(28(4)25)21(24)18-11-12-20(15(2)26-18)31-17-9-7-6-8-10-17/h11-12,16-17H,5-10,13-14,24-25H2,1-4H3/b21-19-. The molecule has 0 radical (unpaired) electrons. The minimum atomic E-state index is -1.10. The molecular formula is C22H36FN5O3. The number of carbonyl (C=O) groups excluding carboxylic acids is 1. The number of halogens is 1. The van der Waals surface area contributed by atoms with Gasteiger partial charge in [0.2, 0.25) is 0 Å². The molecule has 0 bridgehead atoms. The second kappa shape index (κ2) is 11.7. The third kappa shape index (κ3) is 7.27. The Hall–Kier alpha value is -2.55. The van der Waals surface area contributed by atoms with E-state index in [9.17, 15) is 9.18 Å². The first-order valence-electron chi connectivity index (χ1n) is 10.9. The van der Waals surface area contributed by atoms with E-state index in [1.165, 1.54) is 36.2 Å². The van der Waals surface area contributed by atoms with Gasteiger partial charge in [-0.3, -0.25) is 0 Å². The zero-order valence-electron chi connectivity index (χ0n) is 19.1. The molecule has 1 atom stereocenters. The summed E-state index contributed by atoms with van der Waals surface area (Å²) in [5.74, 6) is 6.66. The lowest BCUT2D eigenvalue weighted by atomic mass is 9.98. The molecule has 2 rings (SSSR count). The largest absolute Gasteiger partial charge is 0.489 e. The van der Waals surface area contributed by atoms with Gasteiger partial charge < -0.3 is 25.1 Å². The summed E-state index contributed by atoms with van der Waals surface area (Å²) >= 11 is 0. The molecule has 1 aromatic rings. The zero-order chi connectivity index (χ0) is 23.0. The highest BCUT2D eigenvalue weighted by Gasteiger charge is 2.19. The van der Waals surface area contributed by atoms with E-state index in [-0.39, 0.29) is 19.3 Å². The SMILES string of the molecule is CCC(F)CN(C)C(=O)OC/C(=C(/N)c1ccc(OC2CCCCC2)c(C)n1)N(C)N. The van der Waals surface area contributed by atoms with Crippen molar-refractivity contribution in [3.63, 3.8) is 0 Å². The van der Waals surface area contributed by atoms with Gasteiger partial charge in [0.25, 0.3) is 0 Å². The number of likely N-dealkylation sites (N-methyl/N-ethyl adjacent to an activating group) is 1. The van der Waals surface area contributed by atoms with Gasteiger partial charge in [0, 0.05) is 14.1 Å². The van der Waals surface area contributed by atoms with E-state index in [4.69, 9.17) is 21.1 Å². The number of hydrogen-bond donors (Lipinski definition) is 2. The number of ether oxygens (including phenoxy) is 2. The molecular weight excluding hydrogens is 401 g/mol. The van der Waals surface area contributed by atoms with Crippen LogP contribution in [0.15, 0.2) is 17.8 Å². The quantitative estimate of drug-likeness (QED) is 0.451. The van der Waals surface area contributed by atoms with Gasteiger partial charge in [0.05, 0.1) is 35.4 Å². The molecule has 1 aliphatic carbocycles. The van der Waals surface area contributed by atoms with Crippen LogP contribution in [0.3, 0.4) is 0 Å². The molecule has 9 heteroatoms. The number of pyridine rings is 1. The fraction of sp³-hybridized carbons (Fsp3) is 0.636. The summed E-state index contributed by atoms with van der Waals surface area (Å²) in [6.07, 6.45) is 4.57. The molecule has 31 heavy (non-hydrogen) atoms. The highest BCUT2D eigenvalue weighted by molar-refractivity contribution is 5.68. The van der Waals surface area contributed by atoms with Crippen LogP contribution in [0.25, 0.3) is 5.70 Å². The number of aryl methyl sites for hydroxylation is 1. The second-order valence-electron chi connectivity index (χ2n) is 8.07. The van der Waals surface area contributed by atoms with Gasteiger partial charge in [0.1, 0.15) is 18.5 Å². The van der Waals surface area contributed by atoms with E-state index in [1.807, 2.05) is 13.0 Å². The Labute approximate surface area is 184 Å². The number of rotatable bonds is 9. The lowest BCUT2D eigenvalue weighted by Gasteiger charge is -2.24. The summed E-state index contributed by atoms with van der Waals surface area (Å²) in [4.78, 5) is 17.9. The van der Waals surface area contributed by atoms with Crippen LogP contribution in [0.5, 0.6) is 5.75 Å². The van der Waals surface area contributed by atoms with Gasteiger partial charge in [-0.15, -0.1) is 0 Å². The number of nitrogens with zero attached hydrogens (tertiary/aromatic N) is 3. The van der Waals surface area contributed by atoms with Crippen molar-refractivity contribution >= 4 is 11.8 Å². The molecule has 1 fully saturated rings. The summed E-state index contributed by atoms with van der Waals surface area (Å²) in [7, 11) is 3.08. The van der Waals surface area contributed by atoms with Gasteiger partial charge in [-0.05, 0) is 51.2 Å². The summed E-state index contributed by atoms with van der Waals surface area (Å²) < 4.78 is 24.9. The van der Waals surface area contributed by atoms with E-state index < -0.39 is 12.3 Å². The first-order chi connectivity index (χ1) is 14.7. The van der Waals surface area contributed by atoms with Gasteiger partial charge in [-0.1, -0.05) is 13.3 Å². The molecule has 1 unspecified atom stereocenters. The van der Waals surface area contributed by atoms with E-state index in [0.717, 1.165) is 24.3 Å². The molecule has 0 spiro atoms. The van der Waals surface area contributed by atoms with Gasteiger partial charge in [-0.25, -0.2) is 20.0 Å². The summed E-state index contributed by atoms with van der Waals surface area (Å²) in [6, 6.07) is 3.63. The Morgan fingerprint density at radius 1 is 1.29 bits per heavy atom. The van der Waals surface area contributed by atoms with Crippen LogP contribution >= 0.6 is 0 Å². The fourth-order valence-electron chi connectivity index (χ4n) is 3.44. The van der Waals surface area contributed by atoms with Crippen LogP contribution in [-0.2, 0) is 4.74 Å². The first kappa shape index (κ1) is 24.7. The van der Waals surface area contributed by atoms with Crippen LogP contribution in [0.2, 0.25) is 0 Å². The molecule has 1 saturated carbocycles. The number of aromatic nitrogens is 1. The summed E-state index contributed by atoms with van der Waals surface area (Å²) in [5, 5.41) is 1.29. The summed E-state index contributed by atoms with van der Waals surface area (Å²) in [5.41, 5.74) is 8.23. The Morgan fingerprint density at radius 3 is 2.55 bits per heavy atom. The lowest BCUT2D eigenvalue weighted by Crippen LogP contribution is -2.36. The van der Waals surface area contributed by atoms with E-state index in [0.29, 0.717) is 23.5 Å². The highest BCUT2D eigenvalue weighted by Crippen LogP contribution is 2.26. The average Bonchev–Trinajstić information content (AvgIpc) is 2.75. The molecule has 0 aromatic carbocycles. The molecule has 0 aliphatic heterocycles. The predicted molar refractivity (Wildman–Crippen MR) is 119 cm³/mol. The Balaban J connectivity index is 2.09. The van der Waals surface area contributed by atoms with Crippen molar-refractivity contribution < 1.29 is 18.7 Å². The van der Waals surface area contributed by atoms with Crippen molar-refractivity contribution in [3.05, 3.63) is 29.2 Å². The van der Waals surface area contributed by atoms with E-state index in [2.05, 4.69) is 4.98 Å². The maximum atomic E-state index is 13.5. The highest BCUT2D eigenvalue weighted by atomic mass is 19.1. The number of hydrazine groups is 1. The number of hydrogen-bond acceptors (Lipinski definition) is 7. The maximum Gasteiger partial charge on any atom is 0.409 e. The Kier molecular flexibility index (Phi) is 9.36. The monoisotopic (exact) mass is 437 g/mol. The van der Waals surface area contributed by atoms with Crippen LogP contribution in [0.1, 0.15) is 56.8 Å². The fourth-order valence-corrected chi connectivity index (χ4v) is 3.44. The lowest BCUT2D eigenvalue weighted by molar-refractivity contribution is 0.103. The average molecular weight is 438 g/mol. The smallest absolute Gasteiger partial charge is 0.409 e. The van der Waals surface area contributed by atoms with Crippen LogP contribution in [0, 0.1) is 6.92 Å². The third-order valence-corrected chi connectivity index (χ3v) is 5.45. The normalized spacial score (nSPS) is 16.3. The molecule has 1 aliphatic rings. The predicted octanol–water partition coefficient (Wildman–Crippen LogP) is 3.35. The number of amides is 1. The molecule has 174 valence electrons. The first-order valence-corrected chi connectivity index (χ1v) is 10.9. The van der Waals surface area contributed by atoms with Crippen LogP contribution < -0.4 is 16.3 Å². The topological polar surface area (TPSA) is 107 Å². The van der Waals surface area contributed by atoms with Crippen molar-refractivity contribution in [2.24, 2.45) is 11.6 Å². The number of carbonyl (C=O) groups is 1. The van der Waals surface area contributed by atoms with E-state index in [1.54, 1.807) is 20.0 Å². The number of alkyl halides is 1. The van der Waals surface area contributed by atoms with Crippen molar-refractivity contribution in [3.8, 4) is 5.75 Å². The minimum Gasteiger partial charge on any atom is -0.489 e. The second-order valence-corrected chi connectivity index (χ2v) is 8.07. The molecule has 0 saturated heterocycles. The van der Waals surface area contributed by atoms with E-state index >= 15 is 0 Å².